The van der Waals surface area contributed by atoms with Crippen LogP contribution in [-0.2, 0) is 18.4 Å². The average molecular weight is 384 g/mol. The summed E-state index contributed by atoms with van der Waals surface area (Å²) in [4.78, 5) is 41.4. The Hall–Kier alpha value is -1.72. The number of nitrogens with zero attached hydrogens (tertiary/aromatic N) is 4. The number of amides is 1. The van der Waals surface area contributed by atoms with Gasteiger partial charge in [0.05, 0.1) is 11.8 Å². The molecule has 0 spiro atoms. The summed E-state index contributed by atoms with van der Waals surface area (Å²) in [6.07, 6.45) is 0.687. The molecule has 1 amide bonds. The second kappa shape index (κ2) is 7.26. The summed E-state index contributed by atoms with van der Waals surface area (Å²) in [6, 6.07) is 0.138. The molecule has 9 nitrogen and oxygen atoms in total. The highest BCUT2D eigenvalue weighted by molar-refractivity contribution is 8.00. The molecule has 1 aliphatic heterocycles. The van der Waals surface area contributed by atoms with Gasteiger partial charge in [0, 0.05) is 25.1 Å². The van der Waals surface area contributed by atoms with Crippen molar-refractivity contribution in [2.75, 3.05) is 17.3 Å². The van der Waals surface area contributed by atoms with Crippen LogP contribution >= 0.6 is 23.5 Å². The van der Waals surface area contributed by atoms with Crippen LogP contribution in [0.2, 0.25) is 0 Å². The number of hydrazine groups is 1. The summed E-state index contributed by atoms with van der Waals surface area (Å²) in [5.74, 6) is 6.64. The lowest BCUT2D eigenvalue weighted by Crippen LogP contribution is -2.40. The Balaban J connectivity index is 2.21. The molecule has 11 heteroatoms. The molecule has 0 saturated carbocycles. The molecule has 0 radical (unpaired) electrons. The van der Waals surface area contributed by atoms with Gasteiger partial charge in [0.25, 0.3) is 5.56 Å². The number of hydrogen-bond acceptors (Lipinski definition) is 7. The van der Waals surface area contributed by atoms with Crippen molar-refractivity contribution in [3.05, 3.63) is 20.8 Å². The monoisotopic (exact) mass is 384 g/mol. The molecule has 0 aromatic carbocycles. The van der Waals surface area contributed by atoms with E-state index in [9.17, 15) is 14.4 Å². The third kappa shape index (κ3) is 3.11. The zero-order valence-corrected chi connectivity index (χ0v) is 15.7. The Kier molecular flexibility index (Phi) is 5.25. The minimum absolute atomic E-state index is 0.0940. The number of thioether (sulfide) groups is 2. The van der Waals surface area contributed by atoms with Gasteiger partial charge in [-0.2, -0.15) is 11.8 Å². The lowest BCUT2D eigenvalue weighted by atomic mass is 10.3. The topological polar surface area (TPSA) is 117 Å². The van der Waals surface area contributed by atoms with Gasteiger partial charge in [-0.3, -0.25) is 24.1 Å². The first-order valence-electron chi connectivity index (χ1n) is 7.91. The molecule has 3 rings (SSSR count). The number of aryl methyl sites for hydroxylation is 1. The number of rotatable bonds is 6. The molecule has 0 bridgehead atoms. The molecular formula is C14H20N6O3S2. The van der Waals surface area contributed by atoms with Crippen molar-refractivity contribution in [3.63, 3.8) is 0 Å². The van der Waals surface area contributed by atoms with E-state index >= 15 is 0 Å². The summed E-state index contributed by atoms with van der Waals surface area (Å²) in [6.45, 7) is 2.28. The highest BCUT2D eigenvalue weighted by Gasteiger charge is 2.29. The summed E-state index contributed by atoms with van der Waals surface area (Å²) in [7, 11) is 1.62. The van der Waals surface area contributed by atoms with Crippen LogP contribution in [0.25, 0.3) is 11.2 Å². The van der Waals surface area contributed by atoms with Crippen molar-refractivity contribution in [1.29, 1.82) is 0 Å². The Morgan fingerprint density at radius 2 is 2.16 bits per heavy atom. The van der Waals surface area contributed by atoms with Crippen LogP contribution in [0.4, 0.5) is 0 Å². The van der Waals surface area contributed by atoms with Gasteiger partial charge in [-0.1, -0.05) is 18.7 Å². The molecule has 2 aromatic rings. The number of aromatic nitrogens is 4. The maximum atomic E-state index is 12.9. The van der Waals surface area contributed by atoms with E-state index in [-0.39, 0.29) is 29.0 Å². The van der Waals surface area contributed by atoms with Gasteiger partial charge in [-0.05, 0) is 6.42 Å². The highest BCUT2D eigenvalue weighted by Crippen LogP contribution is 2.35. The summed E-state index contributed by atoms with van der Waals surface area (Å²) in [5, 5.41) is 0.560. The van der Waals surface area contributed by atoms with E-state index in [1.165, 1.54) is 20.9 Å². The van der Waals surface area contributed by atoms with E-state index < -0.39 is 0 Å². The second-order valence-corrected chi connectivity index (χ2v) is 7.80. The highest BCUT2D eigenvalue weighted by atomic mass is 32.2. The van der Waals surface area contributed by atoms with Crippen molar-refractivity contribution in [2.45, 2.75) is 31.1 Å². The standard InChI is InChI=1S/C14H20N6O3S2/c1-3-4-19-12(22)10-11(18(2)14(19)23)16-13(25-7-9(21)17-15)20(10)8-5-24-6-8/h8H,3-7,15H2,1-2H3,(H,17,21). The summed E-state index contributed by atoms with van der Waals surface area (Å²) in [5.41, 5.74) is 2.17. The number of carbonyl (C=O) groups is 1. The third-order valence-corrected chi connectivity index (χ3v) is 6.26. The van der Waals surface area contributed by atoms with Crippen molar-refractivity contribution in [2.24, 2.45) is 12.9 Å². The number of hydrogen-bond donors (Lipinski definition) is 2. The SMILES string of the molecule is CCCn1c(=O)c2c(nc(SCC(=O)NN)n2C2CSC2)n(C)c1=O. The zero-order chi connectivity index (χ0) is 18.1. The third-order valence-electron chi connectivity index (χ3n) is 4.07. The van der Waals surface area contributed by atoms with Crippen LogP contribution in [0.15, 0.2) is 14.7 Å². The van der Waals surface area contributed by atoms with Gasteiger partial charge in [0.2, 0.25) is 5.91 Å². The van der Waals surface area contributed by atoms with Gasteiger partial charge < -0.3 is 4.57 Å². The van der Waals surface area contributed by atoms with Crippen LogP contribution < -0.4 is 22.5 Å². The van der Waals surface area contributed by atoms with Crippen LogP contribution in [-0.4, -0.2) is 41.9 Å². The largest absolute Gasteiger partial charge is 0.332 e. The van der Waals surface area contributed by atoms with E-state index in [1.807, 2.05) is 11.5 Å². The van der Waals surface area contributed by atoms with E-state index in [4.69, 9.17) is 5.84 Å². The van der Waals surface area contributed by atoms with Crippen LogP contribution in [0.5, 0.6) is 0 Å². The second-order valence-electron chi connectivity index (χ2n) is 5.78. The van der Waals surface area contributed by atoms with Crippen LogP contribution in [0, 0.1) is 0 Å². The lowest BCUT2D eigenvalue weighted by Gasteiger charge is -2.28. The molecular weight excluding hydrogens is 364 g/mol. The molecule has 1 aliphatic rings. The minimum atomic E-state index is -0.372. The number of imidazole rings is 1. The van der Waals surface area contributed by atoms with Crippen molar-refractivity contribution < 1.29 is 4.79 Å². The fourth-order valence-corrected chi connectivity index (χ4v) is 4.34. The van der Waals surface area contributed by atoms with E-state index in [1.54, 1.807) is 18.8 Å². The Morgan fingerprint density at radius 3 is 2.72 bits per heavy atom. The summed E-state index contributed by atoms with van der Waals surface area (Å²) < 4.78 is 4.54. The van der Waals surface area contributed by atoms with Gasteiger partial charge in [0.1, 0.15) is 0 Å². The first-order valence-corrected chi connectivity index (χ1v) is 10.0. The number of fused-ring (bicyclic) bond motifs is 1. The molecule has 25 heavy (non-hydrogen) atoms. The van der Waals surface area contributed by atoms with Gasteiger partial charge in [-0.15, -0.1) is 0 Å². The molecule has 0 unspecified atom stereocenters. The quantitative estimate of drug-likeness (QED) is 0.303. The Morgan fingerprint density at radius 1 is 1.44 bits per heavy atom. The van der Waals surface area contributed by atoms with Crippen molar-refractivity contribution >= 4 is 40.6 Å². The van der Waals surface area contributed by atoms with Crippen LogP contribution in [0.3, 0.4) is 0 Å². The Bertz CT molecular complexity index is 927. The fraction of sp³-hybridized carbons (Fsp3) is 0.571. The molecule has 136 valence electrons. The lowest BCUT2D eigenvalue weighted by molar-refractivity contribution is -0.118. The van der Waals surface area contributed by atoms with Crippen molar-refractivity contribution in [3.8, 4) is 0 Å². The maximum absolute atomic E-state index is 12.9. The molecule has 1 fully saturated rings. The average Bonchev–Trinajstić information content (AvgIpc) is 2.92. The maximum Gasteiger partial charge on any atom is 0.332 e. The predicted octanol–water partition coefficient (Wildman–Crippen LogP) is -0.323. The van der Waals surface area contributed by atoms with Gasteiger partial charge >= 0.3 is 5.69 Å². The first kappa shape index (κ1) is 18.1. The van der Waals surface area contributed by atoms with E-state index in [2.05, 4.69) is 10.4 Å². The fourth-order valence-electron chi connectivity index (χ4n) is 2.73. The molecule has 3 heterocycles. The smallest absolute Gasteiger partial charge is 0.308 e. The van der Waals surface area contributed by atoms with E-state index in [0.29, 0.717) is 29.3 Å². The normalized spacial score (nSPS) is 14.7. The molecule has 0 aliphatic carbocycles. The number of carbonyl (C=O) groups excluding carboxylic acids is 1. The molecule has 1 saturated heterocycles. The number of nitrogens with two attached hydrogens (primary N) is 1. The van der Waals surface area contributed by atoms with Crippen LogP contribution in [0.1, 0.15) is 19.4 Å². The van der Waals surface area contributed by atoms with Gasteiger partial charge in [-0.25, -0.2) is 15.6 Å². The summed E-state index contributed by atoms with van der Waals surface area (Å²) >= 11 is 3.00. The molecule has 2 aromatic heterocycles. The molecule has 0 atom stereocenters. The van der Waals surface area contributed by atoms with Gasteiger partial charge in [0.15, 0.2) is 16.3 Å². The minimum Gasteiger partial charge on any atom is -0.308 e. The Labute approximate surface area is 151 Å². The van der Waals surface area contributed by atoms with Crippen molar-refractivity contribution in [1.82, 2.24) is 24.1 Å². The van der Waals surface area contributed by atoms with E-state index in [0.717, 1.165) is 11.5 Å². The number of nitrogens with one attached hydrogen (secondary N) is 1. The molecule has 3 N–H and O–H groups in total. The zero-order valence-electron chi connectivity index (χ0n) is 14.0. The first-order chi connectivity index (χ1) is 12.0. The predicted molar refractivity (Wildman–Crippen MR) is 98.9 cm³/mol.